The zero-order valence-electron chi connectivity index (χ0n) is 12.2. The van der Waals surface area contributed by atoms with Crippen molar-refractivity contribution >= 4 is 29.1 Å². The van der Waals surface area contributed by atoms with Crippen molar-refractivity contribution in [3.8, 4) is 5.75 Å². The summed E-state index contributed by atoms with van der Waals surface area (Å²) in [5.41, 5.74) is -0.292. The van der Waals surface area contributed by atoms with Gasteiger partial charge in [0.05, 0.1) is 5.69 Å². The Balaban J connectivity index is 1.93. The molecule has 2 aliphatic heterocycles. The van der Waals surface area contributed by atoms with Gasteiger partial charge < -0.3 is 4.74 Å². The molecule has 0 aromatic heterocycles. The normalized spacial score (nSPS) is 16.0. The highest BCUT2D eigenvalue weighted by Crippen LogP contribution is 2.40. The van der Waals surface area contributed by atoms with Crippen LogP contribution in [0.3, 0.4) is 0 Å². The number of para-hydroxylation sites is 2. The second-order valence-corrected chi connectivity index (χ2v) is 5.25. The number of anilines is 1. The van der Waals surface area contributed by atoms with E-state index in [-0.39, 0.29) is 22.7 Å². The molecule has 0 unspecified atom stereocenters. The number of carbonyl (C=O) groups is 4. The van der Waals surface area contributed by atoms with E-state index in [9.17, 15) is 19.2 Å². The number of esters is 1. The Morgan fingerprint density at radius 1 is 0.875 bits per heavy atom. The SMILES string of the molecule is O=C1Oc2ccccc2N2C(=O)C(=O)C(C(=O)c3ccccc3)=C12. The van der Waals surface area contributed by atoms with E-state index in [0.29, 0.717) is 0 Å². The van der Waals surface area contributed by atoms with Crippen molar-refractivity contribution in [1.29, 1.82) is 0 Å². The molecular formula is C18H9NO5. The van der Waals surface area contributed by atoms with Crippen molar-refractivity contribution in [2.24, 2.45) is 0 Å². The van der Waals surface area contributed by atoms with E-state index in [1.807, 2.05) is 0 Å². The maximum Gasteiger partial charge on any atom is 0.361 e. The summed E-state index contributed by atoms with van der Waals surface area (Å²) in [4.78, 5) is 50.6. The van der Waals surface area contributed by atoms with Gasteiger partial charge in [-0.1, -0.05) is 42.5 Å². The third-order valence-corrected chi connectivity index (χ3v) is 3.85. The first kappa shape index (κ1) is 14.1. The third kappa shape index (κ3) is 1.83. The maximum absolute atomic E-state index is 12.6. The number of amides is 1. The van der Waals surface area contributed by atoms with Crippen molar-refractivity contribution in [2.45, 2.75) is 0 Å². The van der Waals surface area contributed by atoms with Crippen LogP contribution in [0.25, 0.3) is 0 Å². The van der Waals surface area contributed by atoms with Crippen LogP contribution >= 0.6 is 0 Å². The minimum atomic E-state index is -1.01. The summed E-state index contributed by atoms with van der Waals surface area (Å²) in [7, 11) is 0. The average molecular weight is 319 g/mol. The molecule has 0 atom stereocenters. The summed E-state index contributed by atoms with van der Waals surface area (Å²) in [6, 6.07) is 14.3. The molecular weight excluding hydrogens is 310 g/mol. The molecule has 0 N–H and O–H groups in total. The van der Waals surface area contributed by atoms with Gasteiger partial charge in [0.25, 0.3) is 5.78 Å². The number of hydrogen-bond acceptors (Lipinski definition) is 5. The van der Waals surface area contributed by atoms with E-state index in [2.05, 4.69) is 0 Å². The van der Waals surface area contributed by atoms with Gasteiger partial charge in [0.15, 0.2) is 17.2 Å². The Hall–Kier alpha value is -3.54. The molecule has 2 heterocycles. The topological polar surface area (TPSA) is 80.8 Å². The van der Waals surface area contributed by atoms with Crippen LogP contribution in [-0.2, 0) is 14.4 Å². The quantitative estimate of drug-likeness (QED) is 0.276. The van der Waals surface area contributed by atoms with Gasteiger partial charge in [0.1, 0.15) is 5.57 Å². The Bertz CT molecular complexity index is 958. The van der Waals surface area contributed by atoms with E-state index < -0.39 is 29.0 Å². The van der Waals surface area contributed by atoms with E-state index >= 15 is 0 Å². The number of carbonyl (C=O) groups excluding carboxylic acids is 4. The van der Waals surface area contributed by atoms with Crippen LogP contribution in [0.15, 0.2) is 65.9 Å². The first-order valence-corrected chi connectivity index (χ1v) is 7.13. The fraction of sp³-hybridized carbons (Fsp3) is 0. The van der Waals surface area contributed by atoms with Crippen LogP contribution < -0.4 is 9.64 Å². The van der Waals surface area contributed by atoms with Gasteiger partial charge in [0.2, 0.25) is 0 Å². The Morgan fingerprint density at radius 3 is 2.29 bits per heavy atom. The average Bonchev–Trinajstić information content (AvgIpc) is 2.88. The minimum absolute atomic E-state index is 0.167. The number of nitrogens with zero attached hydrogens (tertiary/aromatic N) is 1. The van der Waals surface area contributed by atoms with Crippen LogP contribution in [0.5, 0.6) is 5.75 Å². The van der Waals surface area contributed by atoms with Crippen molar-refractivity contribution < 1.29 is 23.9 Å². The van der Waals surface area contributed by atoms with Crippen LogP contribution in [0.2, 0.25) is 0 Å². The van der Waals surface area contributed by atoms with E-state index in [1.165, 1.54) is 18.2 Å². The molecule has 0 saturated heterocycles. The monoisotopic (exact) mass is 319 g/mol. The number of Topliss-reactive ketones (excluding diaryl/α,β-unsaturated/α-hetero) is 2. The van der Waals surface area contributed by atoms with Crippen molar-refractivity contribution in [3.63, 3.8) is 0 Å². The van der Waals surface area contributed by atoms with Gasteiger partial charge >= 0.3 is 11.9 Å². The van der Waals surface area contributed by atoms with Crippen LogP contribution in [0.1, 0.15) is 10.4 Å². The molecule has 2 aromatic rings. The van der Waals surface area contributed by atoms with Gasteiger partial charge in [-0.05, 0) is 12.1 Å². The molecule has 6 heteroatoms. The van der Waals surface area contributed by atoms with Gasteiger partial charge in [0, 0.05) is 5.56 Å². The zero-order valence-corrected chi connectivity index (χ0v) is 12.2. The van der Waals surface area contributed by atoms with Crippen LogP contribution in [0, 0.1) is 0 Å². The van der Waals surface area contributed by atoms with Gasteiger partial charge in [-0.2, -0.15) is 0 Å². The predicted molar refractivity (Wildman–Crippen MR) is 82.4 cm³/mol. The summed E-state index contributed by atoms with van der Waals surface area (Å²) >= 11 is 0. The highest BCUT2D eigenvalue weighted by atomic mass is 16.5. The molecule has 24 heavy (non-hydrogen) atoms. The summed E-state index contributed by atoms with van der Waals surface area (Å²) in [5.74, 6) is -3.35. The highest BCUT2D eigenvalue weighted by Gasteiger charge is 2.49. The van der Waals surface area contributed by atoms with Gasteiger partial charge in [-0.25, -0.2) is 4.79 Å². The standard InChI is InChI=1S/C18H9NO5/c20-15(10-6-2-1-3-7-10)13-14-18(23)24-12-9-5-4-8-11(12)19(14)17(22)16(13)21/h1-9H. The van der Waals surface area contributed by atoms with Crippen molar-refractivity contribution in [1.82, 2.24) is 0 Å². The molecule has 2 aromatic carbocycles. The molecule has 2 aliphatic rings. The molecule has 0 bridgehead atoms. The number of hydrogen-bond donors (Lipinski definition) is 0. The minimum Gasteiger partial charge on any atom is -0.420 e. The Kier molecular flexibility index (Phi) is 2.93. The molecule has 4 rings (SSSR count). The largest absolute Gasteiger partial charge is 0.420 e. The summed E-state index contributed by atoms with van der Waals surface area (Å²) < 4.78 is 5.16. The lowest BCUT2D eigenvalue weighted by molar-refractivity contribution is -0.133. The summed E-state index contributed by atoms with van der Waals surface area (Å²) in [6.45, 7) is 0. The van der Waals surface area contributed by atoms with Gasteiger partial charge in [-0.3, -0.25) is 19.3 Å². The Morgan fingerprint density at radius 2 is 1.54 bits per heavy atom. The summed E-state index contributed by atoms with van der Waals surface area (Å²) in [5, 5.41) is 0. The molecule has 0 saturated carbocycles. The van der Waals surface area contributed by atoms with Crippen molar-refractivity contribution in [2.75, 3.05) is 4.90 Å². The zero-order chi connectivity index (χ0) is 16.8. The molecule has 0 fully saturated rings. The second-order valence-electron chi connectivity index (χ2n) is 5.25. The smallest absolute Gasteiger partial charge is 0.361 e. The molecule has 116 valence electrons. The number of benzene rings is 2. The number of rotatable bonds is 2. The number of fused-ring (bicyclic) bond motifs is 3. The van der Waals surface area contributed by atoms with E-state index in [4.69, 9.17) is 4.74 Å². The molecule has 0 radical (unpaired) electrons. The molecule has 6 nitrogen and oxygen atoms in total. The van der Waals surface area contributed by atoms with Gasteiger partial charge in [-0.15, -0.1) is 0 Å². The van der Waals surface area contributed by atoms with E-state index in [0.717, 1.165) is 4.90 Å². The first-order chi connectivity index (χ1) is 11.6. The highest BCUT2D eigenvalue weighted by molar-refractivity contribution is 6.59. The fourth-order valence-corrected chi connectivity index (χ4v) is 2.77. The number of ether oxygens (including phenoxy) is 1. The lowest BCUT2D eigenvalue weighted by Crippen LogP contribution is -2.36. The lowest BCUT2D eigenvalue weighted by Gasteiger charge is -2.25. The molecule has 1 amide bonds. The number of ketones is 2. The molecule has 0 aliphatic carbocycles. The second kappa shape index (κ2) is 4.99. The first-order valence-electron chi connectivity index (χ1n) is 7.13. The predicted octanol–water partition coefficient (Wildman–Crippen LogP) is 1.66. The fourth-order valence-electron chi connectivity index (χ4n) is 2.77. The van der Waals surface area contributed by atoms with Crippen LogP contribution in [0.4, 0.5) is 5.69 Å². The van der Waals surface area contributed by atoms with Crippen molar-refractivity contribution in [3.05, 3.63) is 71.4 Å². The van der Waals surface area contributed by atoms with E-state index in [1.54, 1.807) is 36.4 Å². The summed E-state index contributed by atoms with van der Waals surface area (Å²) in [6.07, 6.45) is 0. The molecule has 0 spiro atoms. The maximum atomic E-state index is 12.6. The lowest BCUT2D eigenvalue weighted by atomic mass is 10.00. The van der Waals surface area contributed by atoms with Crippen LogP contribution in [-0.4, -0.2) is 23.4 Å². The Labute approximate surface area is 135 Å². The third-order valence-electron chi connectivity index (χ3n) is 3.85.